The van der Waals surface area contributed by atoms with Gasteiger partial charge >= 0.3 is 0 Å². The molecule has 0 radical (unpaired) electrons. The summed E-state index contributed by atoms with van der Waals surface area (Å²) in [4.78, 5) is 22.6. The summed E-state index contributed by atoms with van der Waals surface area (Å²) in [6.07, 6.45) is 0. The van der Waals surface area contributed by atoms with E-state index in [9.17, 15) is 4.79 Å². The fraction of sp³-hybridized carbons (Fsp3) is 0.304. The number of amides is 1. The van der Waals surface area contributed by atoms with Gasteiger partial charge < -0.3 is 9.80 Å². The molecule has 1 aliphatic heterocycles. The standard InChI is InChI=1S/C23H25N3O/c1-3-25-11-13-26(14-12-25)23(27)20-16-22(18-7-5-4-6-8-18)24-21-10-9-17(2)15-19(20)21/h4-10,15-16H,3,11-14H2,1-2H3. The van der Waals surface area contributed by atoms with Crippen molar-refractivity contribution in [3.8, 4) is 11.3 Å². The van der Waals surface area contributed by atoms with Crippen LogP contribution in [0.4, 0.5) is 0 Å². The van der Waals surface area contributed by atoms with Crippen molar-refractivity contribution in [2.75, 3.05) is 32.7 Å². The van der Waals surface area contributed by atoms with Crippen molar-refractivity contribution in [3.05, 3.63) is 65.7 Å². The molecule has 0 saturated carbocycles. The minimum Gasteiger partial charge on any atom is -0.336 e. The molecule has 1 aliphatic rings. The Hall–Kier alpha value is -2.72. The smallest absolute Gasteiger partial charge is 0.254 e. The van der Waals surface area contributed by atoms with Crippen molar-refractivity contribution in [2.24, 2.45) is 0 Å². The first kappa shape index (κ1) is 17.7. The van der Waals surface area contributed by atoms with Crippen LogP contribution in [0.5, 0.6) is 0 Å². The van der Waals surface area contributed by atoms with E-state index in [0.717, 1.165) is 66.0 Å². The van der Waals surface area contributed by atoms with Crippen molar-refractivity contribution in [1.82, 2.24) is 14.8 Å². The van der Waals surface area contributed by atoms with E-state index in [1.807, 2.05) is 47.4 Å². The average molecular weight is 359 g/mol. The summed E-state index contributed by atoms with van der Waals surface area (Å²) >= 11 is 0. The van der Waals surface area contributed by atoms with Gasteiger partial charge in [-0.2, -0.15) is 0 Å². The number of piperazine rings is 1. The third kappa shape index (κ3) is 3.58. The summed E-state index contributed by atoms with van der Waals surface area (Å²) < 4.78 is 0. The highest BCUT2D eigenvalue weighted by Gasteiger charge is 2.23. The first-order valence-electron chi connectivity index (χ1n) is 9.64. The van der Waals surface area contributed by atoms with Gasteiger partial charge in [-0.1, -0.05) is 48.9 Å². The van der Waals surface area contributed by atoms with Gasteiger partial charge in [-0.05, 0) is 31.7 Å². The van der Waals surface area contributed by atoms with Gasteiger partial charge in [-0.15, -0.1) is 0 Å². The zero-order chi connectivity index (χ0) is 18.8. The van der Waals surface area contributed by atoms with Crippen LogP contribution in [-0.4, -0.2) is 53.4 Å². The van der Waals surface area contributed by atoms with Crippen molar-refractivity contribution in [2.45, 2.75) is 13.8 Å². The van der Waals surface area contributed by atoms with Gasteiger partial charge in [-0.25, -0.2) is 4.98 Å². The first-order valence-corrected chi connectivity index (χ1v) is 9.64. The molecule has 0 aliphatic carbocycles. The van der Waals surface area contributed by atoms with Gasteiger partial charge in [0, 0.05) is 37.1 Å². The number of rotatable bonds is 3. The summed E-state index contributed by atoms with van der Waals surface area (Å²) in [6, 6.07) is 18.2. The summed E-state index contributed by atoms with van der Waals surface area (Å²) in [7, 11) is 0. The maximum atomic E-state index is 13.4. The van der Waals surface area contributed by atoms with Gasteiger partial charge in [0.15, 0.2) is 0 Å². The van der Waals surface area contributed by atoms with Gasteiger partial charge in [0.1, 0.15) is 0 Å². The van der Waals surface area contributed by atoms with E-state index in [1.165, 1.54) is 0 Å². The van der Waals surface area contributed by atoms with Crippen LogP contribution in [0.3, 0.4) is 0 Å². The Morgan fingerprint density at radius 3 is 2.44 bits per heavy atom. The van der Waals surface area contributed by atoms with E-state index in [2.05, 4.69) is 30.9 Å². The third-order valence-corrected chi connectivity index (χ3v) is 5.37. The second-order valence-electron chi connectivity index (χ2n) is 7.17. The lowest BCUT2D eigenvalue weighted by Crippen LogP contribution is -2.48. The van der Waals surface area contributed by atoms with E-state index < -0.39 is 0 Å². The highest BCUT2D eigenvalue weighted by Crippen LogP contribution is 2.27. The van der Waals surface area contributed by atoms with Crippen molar-refractivity contribution >= 4 is 16.8 Å². The Morgan fingerprint density at radius 2 is 1.74 bits per heavy atom. The lowest BCUT2D eigenvalue weighted by Gasteiger charge is -2.34. The number of hydrogen-bond donors (Lipinski definition) is 0. The number of fused-ring (bicyclic) bond motifs is 1. The van der Waals surface area contributed by atoms with Gasteiger partial charge in [-0.3, -0.25) is 4.79 Å². The number of nitrogens with zero attached hydrogens (tertiary/aromatic N) is 3. The van der Waals surface area contributed by atoms with E-state index in [4.69, 9.17) is 4.98 Å². The second kappa shape index (κ2) is 7.49. The van der Waals surface area contributed by atoms with Crippen LogP contribution in [0.2, 0.25) is 0 Å². The van der Waals surface area contributed by atoms with Crippen LogP contribution >= 0.6 is 0 Å². The molecule has 0 spiro atoms. The lowest BCUT2D eigenvalue weighted by molar-refractivity contribution is 0.0645. The van der Waals surface area contributed by atoms with Gasteiger partial charge in [0.05, 0.1) is 16.8 Å². The summed E-state index contributed by atoms with van der Waals surface area (Å²) in [5.74, 6) is 0.112. The maximum absolute atomic E-state index is 13.4. The van der Waals surface area contributed by atoms with Crippen molar-refractivity contribution in [3.63, 3.8) is 0 Å². The van der Waals surface area contributed by atoms with Crippen LogP contribution in [-0.2, 0) is 0 Å². The monoisotopic (exact) mass is 359 g/mol. The fourth-order valence-corrected chi connectivity index (χ4v) is 3.71. The Labute approximate surface area is 160 Å². The SMILES string of the molecule is CCN1CCN(C(=O)c2cc(-c3ccccc3)nc3ccc(C)cc23)CC1. The Kier molecular flexibility index (Phi) is 4.90. The normalized spacial score (nSPS) is 15.3. The largest absolute Gasteiger partial charge is 0.336 e. The number of carbonyl (C=O) groups excluding carboxylic acids is 1. The number of likely N-dealkylation sites (N-methyl/N-ethyl adjacent to an activating group) is 1. The highest BCUT2D eigenvalue weighted by molar-refractivity contribution is 6.07. The quantitative estimate of drug-likeness (QED) is 0.709. The predicted octanol–water partition coefficient (Wildman–Crippen LogP) is 3.99. The fourth-order valence-electron chi connectivity index (χ4n) is 3.71. The Balaban J connectivity index is 1.78. The highest BCUT2D eigenvalue weighted by atomic mass is 16.2. The molecule has 0 N–H and O–H groups in total. The third-order valence-electron chi connectivity index (χ3n) is 5.37. The Bertz CT molecular complexity index is 960. The number of hydrogen-bond acceptors (Lipinski definition) is 3. The van der Waals surface area contributed by atoms with Crippen LogP contribution in [0, 0.1) is 6.92 Å². The molecule has 3 aromatic rings. The molecule has 2 heterocycles. The minimum absolute atomic E-state index is 0.112. The molecule has 0 unspecified atom stereocenters. The molecule has 1 aromatic heterocycles. The molecule has 138 valence electrons. The molecule has 0 atom stereocenters. The summed E-state index contributed by atoms with van der Waals surface area (Å²) in [5.41, 5.74) is 4.65. The zero-order valence-electron chi connectivity index (χ0n) is 16.0. The van der Waals surface area contributed by atoms with Crippen molar-refractivity contribution < 1.29 is 4.79 Å². The predicted molar refractivity (Wildman–Crippen MR) is 110 cm³/mol. The van der Waals surface area contributed by atoms with Gasteiger partial charge in [0.2, 0.25) is 0 Å². The van der Waals surface area contributed by atoms with E-state index in [-0.39, 0.29) is 5.91 Å². The Morgan fingerprint density at radius 1 is 1.00 bits per heavy atom. The first-order chi connectivity index (χ1) is 13.2. The van der Waals surface area contributed by atoms with E-state index in [1.54, 1.807) is 0 Å². The van der Waals surface area contributed by atoms with Crippen LogP contribution in [0.1, 0.15) is 22.8 Å². The van der Waals surface area contributed by atoms with Crippen LogP contribution in [0.15, 0.2) is 54.6 Å². The molecular formula is C23H25N3O. The van der Waals surface area contributed by atoms with E-state index >= 15 is 0 Å². The summed E-state index contributed by atoms with van der Waals surface area (Å²) in [6.45, 7) is 8.71. The summed E-state index contributed by atoms with van der Waals surface area (Å²) in [5, 5.41) is 0.942. The molecule has 1 fully saturated rings. The topological polar surface area (TPSA) is 36.4 Å². The molecule has 4 rings (SSSR count). The van der Waals surface area contributed by atoms with E-state index in [0.29, 0.717) is 0 Å². The second-order valence-corrected chi connectivity index (χ2v) is 7.17. The molecule has 1 saturated heterocycles. The molecule has 4 heteroatoms. The molecule has 27 heavy (non-hydrogen) atoms. The molecular weight excluding hydrogens is 334 g/mol. The average Bonchev–Trinajstić information content (AvgIpc) is 2.73. The number of carbonyl (C=O) groups is 1. The van der Waals surface area contributed by atoms with Crippen LogP contribution in [0.25, 0.3) is 22.2 Å². The number of aryl methyl sites for hydroxylation is 1. The molecule has 2 aromatic carbocycles. The maximum Gasteiger partial charge on any atom is 0.254 e. The number of aromatic nitrogens is 1. The lowest BCUT2D eigenvalue weighted by atomic mass is 10.0. The number of benzene rings is 2. The van der Waals surface area contributed by atoms with Crippen molar-refractivity contribution in [1.29, 1.82) is 0 Å². The zero-order valence-corrected chi connectivity index (χ0v) is 16.0. The van der Waals surface area contributed by atoms with Crippen LogP contribution < -0.4 is 0 Å². The molecule has 4 nitrogen and oxygen atoms in total. The minimum atomic E-state index is 0.112. The molecule has 1 amide bonds. The number of pyridine rings is 1. The molecule has 0 bridgehead atoms. The van der Waals surface area contributed by atoms with Gasteiger partial charge in [0.25, 0.3) is 5.91 Å².